The lowest BCUT2D eigenvalue weighted by Crippen LogP contribution is -2.53. The number of aryl methyl sites for hydroxylation is 1. The molecule has 1 heterocycles. The Bertz CT molecular complexity index is 457. The fraction of sp³-hybridized carbons (Fsp3) is 0.667. The van der Waals surface area contributed by atoms with Gasteiger partial charge in [-0.1, -0.05) is 6.92 Å². The van der Waals surface area contributed by atoms with Crippen LogP contribution in [-0.4, -0.2) is 42.4 Å². The Morgan fingerprint density at radius 1 is 1.47 bits per heavy atom. The van der Waals surface area contributed by atoms with E-state index in [0.717, 1.165) is 11.3 Å². The maximum absolute atomic E-state index is 12.0. The smallest absolute Gasteiger partial charge is 0.252 e. The normalized spacial score (nSPS) is 12.9. The van der Waals surface area contributed by atoms with Crippen LogP contribution in [0.3, 0.4) is 0 Å². The van der Waals surface area contributed by atoms with Gasteiger partial charge < -0.3 is 10.2 Å². The molecule has 17 heavy (non-hydrogen) atoms. The van der Waals surface area contributed by atoms with Crippen LogP contribution >= 0.6 is 11.3 Å². The first-order valence-corrected chi connectivity index (χ1v) is 7.37. The quantitative estimate of drug-likeness (QED) is 0.673. The van der Waals surface area contributed by atoms with Crippen molar-refractivity contribution in [2.24, 2.45) is 0 Å². The molecule has 0 fully saturated rings. The highest BCUT2D eigenvalue weighted by Gasteiger charge is 2.33. The predicted molar refractivity (Wildman–Crippen MR) is 64.4 cm³/mol. The summed E-state index contributed by atoms with van der Waals surface area (Å²) in [5, 5.41) is 19.0. The van der Waals surface area contributed by atoms with Crippen molar-refractivity contribution < 1.29 is 18.6 Å². The lowest BCUT2D eigenvalue weighted by Gasteiger charge is -2.28. The number of aliphatic hydroxyl groups excluding tert-OH is 2. The van der Waals surface area contributed by atoms with E-state index in [-0.39, 0.29) is 10.6 Å². The minimum atomic E-state index is -3.75. The van der Waals surface area contributed by atoms with Gasteiger partial charge in [-0.25, -0.2) is 13.4 Å². The minimum absolute atomic E-state index is 0.0784. The van der Waals surface area contributed by atoms with Crippen molar-refractivity contribution >= 4 is 21.4 Å². The van der Waals surface area contributed by atoms with E-state index in [4.69, 9.17) is 0 Å². The molecular formula is C9H16N2O4S2. The summed E-state index contributed by atoms with van der Waals surface area (Å²) in [4.78, 5) is 3.86. The third-order valence-electron chi connectivity index (χ3n) is 2.50. The molecule has 6 nitrogen and oxygen atoms in total. The number of rotatable bonds is 6. The van der Waals surface area contributed by atoms with Gasteiger partial charge in [-0.05, 0) is 13.3 Å². The van der Waals surface area contributed by atoms with Crippen molar-refractivity contribution in [2.75, 3.05) is 13.2 Å². The Balaban J connectivity index is 3.00. The predicted octanol–water partition coefficient (Wildman–Crippen LogP) is -0.137. The highest BCUT2D eigenvalue weighted by Crippen LogP contribution is 2.20. The molecule has 0 saturated heterocycles. The Kier molecular flexibility index (Phi) is 4.62. The van der Waals surface area contributed by atoms with Gasteiger partial charge in [-0.3, -0.25) is 0 Å². The molecule has 0 saturated carbocycles. The highest BCUT2D eigenvalue weighted by atomic mass is 32.2. The molecule has 0 amide bonds. The van der Waals surface area contributed by atoms with E-state index < -0.39 is 28.8 Å². The molecule has 0 radical (unpaired) electrons. The molecule has 0 atom stereocenters. The lowest BCUT2D eigenvalue weighted by molar-refractivity contribution is 0.105. The molecule has 3 N–H and O–H groups in total. The van der Waals surface area contributed by atoms with Gasteiger partial charge in [0, 0.05) is 0 Å². The first kappa shape index (κ1) is 14.5. The largest absolute Gasteiger partial charge is 0.394 e. The minimum Gasteiger partial charge on any atom is -0.394 e. The van der Waals surface area contributed by atoms with Gasteiger partial charge in [-0.2, -0.15) is 4.72 Å². The third kappa shape index (κ3) is 3.23. The fourth-order valence-electron chi connectivity index (χ4n) is 1.21. The van der Waals surface area contributed by atoms with Crippen molar-refractivity contribution in [3.63, 3.8) is 0 Å². The van der Waals surface area contributed by atoms with Crippen molar-refractivity contribution in [1.82, 2.24) is 9.71 Å². The van der Waals surface area contributed by atoms with Crippen LogP contribution in [0, 0.1) is 6.92 Å². The summed E-state index contributed by atoms with van der Waals surface area (Å²) in [6.07, 6.45) is 1.55. The van der Waals surface area contributed by atoms with Crippen LogP contribution in [0.5, 0.6) is 0 Å². The van der Waals surface area contributed by atoms with Gasteiger partial charge in [0.25, 0.3) is 10.0 Å². The van der Waals surface area contributed by atoms with Crippen molar-refractivity contribution in [2.45, 2.75) is 30.0 Å². The fourth-order valence-corrected chi connectivity index (χ4v) is 3.77. The van der Waals surface area contributed by atoms with Crippen molar-refractivity contribution in [3.05, 3.63) is 11.2 Å². The van der Waals surface area contributed by atoms with Gasteiger partial charge >= 0.3 is 0 Å². The molecule has 1 aromatic heterocycles. The molecule has 1 aromatic rings. The van der Waals surface area contributed by atoms with Crippen LogP contribution < -0.4 is 4.72 Å². The standard InChI is InChI=1S/C9H16N2O4S2/c1-3-9(5-12,6-13)11-17(14,15)8-4-10-7(2)16-8/h4,11-13H,3,5-6H2,1-2H3. The summed E-state index contributed by atoms with van der Waals surface area (Å²) in [5.41, 5.74) is -1.23. The van der Waals surface area contributed by atoms with Gasteiger partial charge in [0.15, 0.2) is 4.21 Å². The molecule has 0 aliphatic carbocycles. The second-order valence-corrected chi connectivity index (χ2v) is 6.90. The average Bonchev–Trinajstić information content (AvgIpc) is 2.74. The zero-order valence-corrected chi connectivity index (χ0v) is 11.3. The summed E-state index contributed by atoms with van der Waals surface area (Å²) in [7, 11) is -3.75. The molecule has 0 spiro atoms. The van der Waals surface area contributed by atoms with E-state index in [0.29, 0.717) is 5.01 Å². The number of thiazole rings is 1. The summed E-state index contributed by atoms with van der Waals surface area (Å²) < 4.78 is 26.4. The molecule has 0 bridgehead atoms. The highest BCUT2D eigenvalue weighted by molar-refractivity contribution is 7.91. The van der Waals surface area contributed by atoms with E-state index in [1.54, 1.807) is 13.8 Å². The Labute approximate surface area is 104 Å². The number of sulfonamides is 1. The molecule has 0 aliphatic rings. The SMILES string of the molecule is CCC(CO)(CO)NS(=O)(=O)c1cnc(C)s1. The summed E-state index contributed by atoms with van der Waals surface area (Å²) >= 11 is 1.04. The summed E-state index contributed by atoms with van der Waals surface area (Å²) in [6.45, 7) is 2.47. The Hall–Kier alpha value is -0.540. The molecule has 8 heteroatoms. The van der Waals surface area contributed by atoms with Gasteiger partial charge in [0.2, 0.25) is 0 Å². The molecule has 0 aliphatic heterocycles. The van der Waals surface area contributed by atoms with Crippen LogP contribution in [0.25, 0.3) is 0 Å². The Morgan fingerprint density at radius 2 is 2.06 bits per heavy atom. The van der Waals surface area contributed by atoms with Crippen LogP contribution in [0.1, 0.15) is 18.4 Å². The number of aromatic nitrogens is 1. The van der Waals surface area contributed by atoms with E-state index in [1.807, 2.05) is 0 Å². The number of aliphatic hydroxyl groups is 2. The van der Waals surface area contributed by atoms with Crippen molar-refractivity contribution in [1.29, 1.82) is 0 Å². The first-order chi connectivity index (χ1) is 7.89. The van der Waals surface area contributed by atoms with Crippen LogP contribution in [0.2, 0.25) is 0 Å². The van der Waals surface area contributed by atoms with Crippen LogP contribution in [0.15, 0.2) is 10.4 Å². The zero-order chi connectivity index (χ0) is 13.1. The number of nitrogens with one attached hydrogen (secondary N) is 1. The maximum atomic E-state index is 12.0. The molecule has 0 aromatic carbocycles. The van der Waals surface area contributed by atoms with Gasteiger partial charge in [-0.15, -0.1) is 11.3 Å². The maximum Gasteiger partial charge on any atom is 0.252 e. The third-order valence-corrected chi connectivity index (χ3v) is 5.45. The van der Waals surface area contributed by atoms with E-state index in [9.17, 15) is 18.6 Å². The van der Waals surface area contributed by atoms with E-state index >= 15 is 0 Å². The van der Waals surface area contributed by atoms with Gasteiger partial charge in [0.1, 0.15) is 0 Å². The van der Waals surface area contributed by atoms with Gasteiger partial charge in [0.05, 0.1) is 30.0 Å². The Morgan fingerprint density at radius 3 is 2.41 bits per heavy atom. The molecule has 98 valence electrons. The van der Waals surface area contributed by atoms with E-state index in [2.05, 4.69) is 9.71 Å². The lowest BCUT2D eigenvalue weighted by atomic mass is 10.0. The topological polar surface area (TPSA) is 99.5 Å². The first-order valence-electron chi connectivity index (χ1n) is 5.07. The second kappa shape index (κ2) is 5.40. The average molecular weight is 280 g/mol. The van der Waals surface area contributed by atoms with Crippen LogP contribution in [0.4, 0.5) is 0 Å². The number of hydrogen-bond acceptors (Lipinski definition) is 6. The number of hydrogen-bond donors (Lipinski definition) is 3. The molecule has 1 rings (SSSR count). The summed E-state index contributed by atoms with van der Waals surface area (Å²) in [6, 6.07) is 0. The molecule has 0 unspecified atom stereocenters. The van der Waals surface area contributed by atoms with Crippen LogP contribution in [-0.2, 0) is 10.0 Å². The summed E-state index contributed by atoms with van der Waals surface area (Å²) in [5.74, 6) is 0. The molecular weight excluding hydrogens is 264 g/mol. The monoisotopic (exact) mass is 280 g/mol. The second-order valence-electron chi connectivity index (χ2n) is 3.75. The number of nitrogens with zero attached hydrogens (tertiary/aromatic N) is 1. The zero-order valence-electron chi connectivity index (χ0n) is 9.67. The van der Waals surface area contributed by atoms with Crippen molar-refractivity contribution in [3.8, 4) is 0 Å². The van der Waals surface area contributed by atoms with E-state index in [1.165, 1.54) is 6.20 Å².